The van der Waals surface area contributed by atoms with Gasteiger partial charge in [0.2, 0.25) is 6.79 Å². The van der Waals surface area contributed by atoms with Gasteiger partial charge in [0.15, 0.2) is 23.0 Å². The Morgan fingerprint density at radius 1 is 0.967 bits per heavy atom. The summed E-state index contributed by atoms with van der Waals surface area (Å²) in [5, 5.41) is 3.79. The first-order chi connectivity index (χ1) is 14.6. The number of halogens is 2. The minimum Gasteiger partial charge on any atom is -0.490 e. The average molecular weight is 430 g/mol. The summed E-state index contributed by atoms with van der Waals surface area (Å²) in [4.78, 5) is 0. The highest BCUT2D eigenvalue weighted by Gasteiger charge is 2.15. The molecule has 4 rings (SSSR count). The molecule has 0 spiro atoms. The van der Waals surface area contributed by atoms with Gasteiger partial charge < -0.3 is 24.3 Å². The Morgan fingerprint density at radius 2 is 1.77 bits per heavy atom. The van der Waals surface area contributed by atoms with E-state index in [2.05, 4.69) is 5.32 Å². The molecule has 0 bridgehead atoms. The predicted octanol–water partition coefficient (Wildman–Crippen LogP) is 5.80. The predicted molar refractivity (Wildman–Crippen MR) is 113 cm³/mol. The number of rotatable bonds is 8. The fourth-order valence-corrected chi connectivity index (χ4v) is 3.36. The Kier molecular flexibility index (Phi) is 6.14. The molecule has 0 unspecified atom stereocenters. The molecule has 0 atom stereocenters. The minimum absolute atomic E-state index is 0.242. The second-order valence-corrected chi connectivity index (χ2v) is 7.08. The van der Waals surface area contributed by atoms with Crippen molar-refractivity contribution in [1.29, 1.82) is 0 Å². The summed E-state index contributed by atoms with van der Waals surface area (Å²) in [7, 11) is 0. The average Bonchev–Trinajstić information content (AvgIpc) is 3.21. The summed E-state index contributed by atoms with van der Waals surface area (Å²) in [5.74, 6) is 2.21. The zero-order valence-corrected chi connectivity index (χ0v) is 17.2. The standard InChI is InChI=1S/C23H21ClFNO4/c1-2-27-22-10-16(12-26-18-7-8-20-21(11-18)30-14-29-20)9-19(24)23(22)28-13-15-3-5-17(25)6-4-15/h3-11,26H,2,12-14H2,1H3. The Morgan fingerprint density at radius 3 is 2.57 bits per heavy atom. The van der Waals surface area contributed by atoms with Crippen molar-refractivity contribution in [2.24, 2.45) is 0 Å². The first-order valence-electron chi connectivity index (χ1n) is 9.58. The highest BCUT2D eigenvalue weighted by molar-refractivity contribution is 6.32. The topological polar surface area (TPSA) is 49.0 Å². The van der Waals surface area contributed by atoms with Crippen molar-refractivity contribution >= 4 is 17.3 Å². The molecule has 0 saturated heterocycles. The number of anilines is 1. The quantitative estimate of drug-likeness (QED) is 0.490. The second kappa shape index (κ2) is 9.13. The summed E-state index contributed by atoms with van der Waals surface area (Å²) < 4.78 is 35.4. The normalized spacial score (nSPS) is 12.0. The molecule has 1 N–H and O–H groups in total. The zero-order valence-electron chi connectivity index (χ0n) is 16.4. The zero-order chi connectivity index (χ0) is 20.9. The van der Waals surface area contributed by atoms with Crippen LogP contribution in [0.5, 0.6) is 23.0 Å². The first kappa shape index (κ1) is 20.2. The number of fused-ring (bicyclic) bond motifs is 1. The molecular weight excluding hydrogens is 409 g/mol. The molecule has 1 aliphatic rings. The lowest BCUT2D eigenvalue weighted by Crippen LogP contribution is -2.04. The van der Waals surface area contributed by atoms with Crippen molar-refractivity contribution in [1.82, 2.24) is 0 Å². The minimum atomic E-state index is -0.286. The largest absolute Gasteiger partial charge is 0.490 e. The van der Waals surface area contributed by atoms with Gasteiger partial charge in [-0.2, -0.15) is 0 Å². The van der Waals surface area contributed by atoms with E-state index in [1.165, 1.54) is 12.1 Å². The van der Waals surface area contributed by atoms with Gasteiger partial charge in [-0.15, -0.1) is 0 Å². The number of hydrogen-bond donors (Lipinski definition) is 1. The van der Waals surface area contributed by atoms with Crippen LogP contribution in [0.25, 0.3) is 0 Å². The number of benzene rings is 3. The molecule has 30 heavy (non-hydrogen) atoms. The molecule has 3 aromatic rings. The van der Waals surface area contributed by atoms with E-state index in [1.54, 1.807) is 12.1 Å². The van der Waals surface area contributed by atoms with Gasteiger partial charge in [0.1, 0.15) is 12.4 Å². The van der Waals surface area contributed by atoms with Crippen LogP contribution in [0.1, 0.15) is 18.1 Å². The third kappa shape index (κ3) is 4.71. The maximum atomic E-state index is 13.1. The molecule has 0 amide bonds. The molecule has 156 valence electrons. The lowest BCUT2D eigenvalue weighted by molar-refractivity contribution is 0.174. The van der Waals surface area contributed by atoms with Gasteiger partial charge in [-0.05, 0) is 54.4 Å². The maximum absolute atomic E-state index is 13.1. The highest BCUT2D eigenvalue weighted by Crippen LogP contribution is 2.38. The van der Waals surface area contributed by atoms with Crippen molar-refractivity contribution in [2.75, 3.05) is 18.7 Å². The van der Waals surface area contributed by atoms with Crippen LogP contribution in [-0.2, 0) is 13.2 Å². The van der Waals surface area contributed by atoms with E-state index in [0.717, 1.165) is 28.3 Å². The van der Waals surface area contributed by atoms with Gasteiger partial charge in [0.25, 0.3) is 0 Å². The molecule has 7 heteroatoms. The lowest BCUT2D eigenvalue weighted by atomic mass is 10.2. The molecule has 1 aliphatic heterocycles. The summed E-state index contributed by atoms with van der Waals surface area (Å²) in [6.45, 7) is 3.41. The molecular formula is C23H21ClFNO4. The SMILES string of the molecule is CCOc1cc(CNc2ccc3c(c2)OCO3)cc(Cl)c1OCc1ccc(F)cc1. The fourth-order valence-electron chi connectivity index (χ4n) is 3.07. The van der Waals surface area contributed by atoms with E-state index in [-0.39, 0.29) is 19.2 Å². The molecule has 1 heterocycles. The van der Waals surface area contributed by atoms with Crippen LogP contribution in [0.2, 0.25) is 5.02 Å². The lowest BCUT2D eigenvalue weighted by Gasteiger charge is -2.16. The summed E-state index contributed by atoms with van der Waals surface area (Å²) in [5.41, 5.74) is 2.68. The number of hydrogen-bond acceptors (Lipinski definition) is 5. The van der Waals surface area contributed by atoms with Gasteiger partial charge in [-0.1, -0.05) is 23.7 Å². The summed E-state index contributed by atoms with van der Waals surface area (Å²) in [6, 6.07) is 15.6. The van der Waals surface area contributed by atoms with Crippen molar-refractivity contribution in [3.8, 4) is 23.0 Å². The Balaban J connectivity index is 1.47. The third-order valence-corrected chi connectivity index (χ3v) is 4.82. The van der Waals surface area contributed by atoms with Crippen molar-refractivity contribution in [3.63, 3.8) is 0 Å². The number of nitrogens with one attached hydrogen (secondary N) is 1. The van der Waals surface area contributed by atoms with Gasteiger partial charge in [-0.25, -0.2) is 4.39 Å². The van der Waals surface area contributed by atoms with Gasteiger partial charge in [-0.3, -0.25) is 0 Å². The van der Waals surface area contributed by atoms with Gasteiger partial charge >= 0.3 is 0 Å². The Bertz CT molecular complexity index is 1030. The van der Waals surface area contributed by atoms with Crippen LogP contribution >= 0.6 is 11.6 Å². The van der Waals surface area contributed by atoms with Gasteiger partial charge in [0, 0.05) is 18.3 Å². The van der Waals surface area contributed by atoms with Crippen molar-refractivity contribution < 1.29 is 23.3 Å². The van der Waals surface area contributed by atoms with E-state index in [1.807, 2.05) is 37.3 Å². The molecule has 0 radical (unpaired) electrons. The second-order valence-electron chi connectivity index (χ2n) is 6.67. The van der Waals surface area contributed by atoms with E-state index in [9.17, 15) is 4.39 Å². The van der Waals surface area contributed by atoms with Crippen LogP contribution in [-0.4, -0.2) is 13.4 Å². The Labute approximate surface area is 179 Å². The van der Waals surface area contributed by atoms with Crippen molar-refractivity contribution in [3.05, 3.63) is 76.6 Å². The molecule has 0 aliphatic carbocycles. The van der Waals surface area contributed by atoms with Crippen LogP contribution in [0.3, 0.4) is 0 Å². The maximum Gasteiger partial charge on any atom is 0.231 e. The smallest absolute Gasteiger partial charge is 0.231 e. The fraction of sp³-hybridized carbons (Fsp3) is 0.217. The van der Waals surface area contributed by atoms with E-state index >= 15 is 0 Å². The van der Waals surface area contributed by atoms with Crippen LogP contribution < -0.4 is 24.3 Å². The summed E-state index contributed by atoms with van der Waals surface area (Å²) in [6.07, 6.45) is 0. The van der Waals surface area contributed by atoms with Crippen LogP contribution in [0.4, 0.5) is 10.1 Å². The van der Waals surface area contributed by atoms with Crippen LogP contribution in [0.15, 0.2) is 54.6 Å². The molecule has 3 aromatic carbocycles. The third-order valence-electron chi connectivity index (χ3n) is 4.53. The molecule has 0 saturated carbocycles. The Hall–Kier alpha value is -3.12. The monoisotopic (exact) mass is 429 g/mol. The molecule has 0 aromatic heterocycles. The van der Waals surface area contributed by atoms with Crippen molar-refractivity contribution in [2.45, 2.75) is 20.1 Å². The first-order valence-corrected chi connectivity index (χ1v) is 9.96. The van der Waals surface area contributed by atoms with Crippen LogP contribution in [0, 0.1) is 5.82 Å². The summed E-state index contributed by atoms with van der Waals surface area (Å²) >= 11 is 6.49. The van der Waals surface area contributed by atoms with E-state index < -0.39 is 0 Å². The van der Waals surface area contributed by atoms with E-state index in [0.29, 0.717) is 29.7 Å². The number of ether oxygens (including phenoxy) is 4. The molecule has 0 fully saturated rings. The highest BCUT2D eigenvalue weighted by atomic mass is 35.5. The van der Waals surface area contributed by atoms with E-state index in [4.69, 9.17) is 30.5 Å². The molecule has 5 nitrogen and oxygen atoms in total. The van der Waals surface area contributed by atoms with Gasteiger partial charge in [0.05, 0.1) is 11.6 Å².